The minimum absolute atomic E-state index is 0.116. The van der Waals surface area contributed by atoms with Crippen molar-refractivity contribution in [3.05, 3.63) is 63.3 Å². The van der Waals surface area contributed by atoms with E-state index in [2.05, 4.69) is 10.6 Å². The molecule has 0 spiro atoms. The van der Waals surface area contributed by atoms with Crippen LogP contribution in [0.1, 0.15) is 40.6 Å². The van der Waals surface area contributed by atoms with Gasteiger partial charge in [-0.3, -0.25) is 9.59 Å². The largest absolute Gasteiger partial charge is 0.461 e. The molecule has 1 heterocycles. The first-order valence-electron chi connectivity index (χ1n) is 10.1. The van der Waals surface area contributed by atoms with E-state index in [-0.39, 0.29) is 40.0 Å². The minimum Gasteiger partial charge on any atom is -0.461 e. The van der Waals surface area contributed by atoms with Crippen molar-refractivity contribution in [2.75, 3.05) is 26.0 Å². The van der Waals surface area contributed by atoms with Crippen molar-refractivity contribution >= 4 is 51.7 Å². The molecule has 2 N–H and O–H groups in total. The van der Waals surface area contributed by atoms with Gasteiger partial charge in [0.2, 0.25) is 5.91 Å². The van der Waals surface area contributed by atoms with Gasteiger partial charge in [0.25, 0.3) is 5.91 Å². The molecule has 0 aliphatic heterocycles. The van der Waals surface area contributed by atoms with Gasteiger partial charge >= 0.3 is 0 Å². The fourth-order valence-electron chi connectivity index (χ4n) is 4.00. The number of benzene rings is 2. The molecule has 0 fully saturated rings. The number of amides is 2. The number of aryl methyl sites for hydroxylation is 1. The number of carbonyl (C=O) groups excluding carboxylic acids is 2. The SMILES string of the molecule is CN(C)CC(=O)Nc1ccc(Cl)c(C(=O)NC2CCCc3oc4ccccc4c32)c1Cl. The van der Waals surface area contributed by atoms with E-state index in [1.165, 1.54) is 0 Å². The molecule has 0 radical (unpaired) electrons. The van der Waals surface area contributed by atoms with Crippen LogP contribution in [-0.4, -0.2) is 37.4 Å². The highest BCUT2D eigenvalue weighted by Crippen LogP contribution is 2.39. The smallest absolute Gasteiger partial charge is 0.254 e. The number of rotatable bonds is 5. The minimum atomic E-state index is -0.387. The number of nitrogens with zero attached hydrogens (tertiary/aromatic N) is 1. The summed E-state index contributed by atoms with van der Waals surface area (Å²) >= 11 is 12.8. The molecule has 31 heavy (non-hydrogen) atoms. The lowest BCUT2D eigenvalue weighted by atomic mass is 9.90. The van der Waals surface area contributed by atoms with E-state index in [0.29, 0.717) is 5.69 Å². The van der Waals surface area contributed by atoms with Crippen molar-refractivity contribution in [2.24, 2.45) is 0 Å². The molecule has 0 saturated heterocycles. The molecule has 6 nitrogen and oxygen atoms in total. The maximum atomic E-state index is 13.2. The molecular weight excluding hydrogens is 437 g/mol. The zero-order chi connectivity index (χ0) is 22.1. The van der Waals surface area contributed by atoms with Gasteiger partial charge in [-0.1, -0.05) is 41.4 Å². The molecule has 0 saturated carbocycles. The van der Waals surface area contributed by atoms with Gasteiger partial charge in [0, 0.05) is 17.4 Å². The number of fused-ring (bicyclic) bond motifs is 3. The maximum absolute atomic E-state index is 13.2. The van der Waals surface area contributed by atoms with Crippen molar-refractivity contribution in [1.82, 2.24) is 10.2 Å². The lowest BCUT2D eigenvalue weighted by Gasteiger charge is -2.24. The standard InChI is InChI=1S/C23H23Cl2N3O3/c1-28(2)12-19(29)26-16-11-10-14(24)21(22(16)25)23(30)27-15-7-5-9-18-20(15)13-6-3-4-8-17(13)31-18/h3-4,6,8,10-11,15H,5,7,9,12H2,1-2H3,(H,26,29)(H,27,30). The van der Waals surface area contributed by atoms with Gasteiger partial charge in [-0.05, 0) is 45.1 Å². The van der Waals surface area contributed by atoms with E-state index in [0.717, 1.165) is 41.6 Å². The van der Waals surface area contributed by atoms with Crippen molar-refractivity contribution in [3.8, 4) is 0 Å². The van der Waals surface area contributed by atoms with Gasteiger partial charge in [0.15, 0.2) is 0 Å². The van der Waals surface area contributed by atoms with E-state index in [1.807, 2.05) is 24.3 Å². The molecule has 8 heteroatoms. The summed E-state index contributed by atoms with van der Waals surface area (Å²) in [4.78, 5) is 27.1. The van der Waals surface area contributed by atoms with Crippen molar-refractivity contribution in [1.29, 1.82) is 0 Å². The van der Waals surface area contributed by atoms with Crippen LogP contribution < -0.4 is 10.6 Å². The Morgan fingerprint density at radius 2 is 1.94 bits per heavy atom. The molecule has 1 atom stereocenters. The normalized spacial score (nSPS) is 15.7. The van der Waals surface area contributed by atoms with Gasteiger partial charge in [-0.15, -0.1) is 0 Å². The van der Waals surface area contributed by atoms with Crippen LogP contribution in [0.5, 0.6) is 0 Å². The second kappa shape index (κ2) is 8.91. The first-order chi connectivity index (χ1) is 14.8. The Kier molecular flexibility index (Phi) is 6.23. The Bertz CT molecular complexity index is 1160. The number of carbonyl (C=O) groups is 2. The van der Waals surface area contributed by atoms with Crippen molar-refractivity contribution in [3.63, 3.8) is 0 Å². The fourth-order valence-corrected chi connectivity index (χ4v) is 4.59. The number of halogens is 2. The van der Waals surface area contributed by atoms with Crippen LogP contribution in [0.4, 0.5) is 5.69 Å². The molecule has 2 aromatic carbocycles. The third-order valence-corrected chi connectivity index (χ3v) is 6.02. The highest BCUT2D eigenvalue weighted by Gasteiger charge is 2.29. The topological polar surface area (TPSA) is 74.6 Å². The Hall–Kier alpha value is -2.54. The lowest BCUT2D eigenvalue weighted by molar-refractivity contribution is -0.116. The first-order valence-corrected chi connectivity index (χ1v) is 10.8. The predicted molar refractivity (Wildman–Crippen MR) is 123 cm³/mol. The summed E-state index contributed by atoms with van der Waals surface area (Å²) in [6.07, 6.45) is 2.53. The molecular formula is C23H23Cl2N3O3. The van der Waals surface area contributed by atoms with Crippen LogP contribution in [0, 0.1) is 0 Å². The van der Waals surface area contributed by atoms with Crippen LogP contribution in [0.15, 0.2) is 40.8 Å². The van der Waals surface area contributed by atoms with Crippen molar-refractivity contribution < 1.29 is 14.0 Å². The summed E-state index contributed by atoms with van der Waals surface area (Å²) in [5, 5.41) is 7.16. The summed E-state index contributed by atoms with van der Waals surface area (Å²) in [5.41, 5.74) is 2.32. The number of furan rings is 1. The molecule has 1 unspecified atom stereocenters. The average molecular weight is 460 g/mol. The summed E-state index contributed by atoms with van der Waals surface area (Å²) in [7, 11) is 3.58. The number of hydrogen-bond donors (Lipinski definition) is 2. The van der Waals surface area contributed by atoms with E-state index >= 15 is 0 Å². The molecule has 4 rings (SSSR count). The molecule has 1 aliphatic carbocycles. The van der Waals surface area contributed by atoms with E-state index < -0.39 is 0 Å². The number of likely N-dealkylation sites (N-methyl/N-ethyl adjacent to an activating group) is 1. The number of para-hydroxylation sites is 1. The lowest BCUT2D eigenvalue weighted by Crippen LogP contribution is -2.31. The van der Waals surface area contributed by atoms with Crippen LogP contribution in [0.2, 0.25) is 10.0 Å². The van der Waals surface area contributed by atoms with Gasteiger partial charge in [-0.25, -0.2) is 0 Å². The summed E-state index contributed by atoms with van der Waals surface area (Å²) in [6, 6.07) is 10.8. The van der Waals surface area contributed by atoms with Crippen LogP contribution in [-0.2, 0) is 11.2 Å². The molecule has 2 amide bonds. The van der Waals surface area contributed by atoms with E-state index in [1.54, 1.807) is 31.1 Å². The second-order valence-electron chi connectivity index (χ2n) is 7.92. The molecule has 1 aliphatic rings. The monoisotopic (exact) mass is 459 g/mol. The van der Waals surface area contributed by atoms with Gasteiger partial charge < -0.3 is 20.0 Å². The number of hydrogen-bond acceptors (Lipinski definition) is 4. The Labute approximate surface area is 190 Å². The van der Waals surface area contributed by atoms with Crippen molar-refractivity contribution in [2.45, 2.75) is 25.3 Å². The first kappa shape index (κ1) is 21.7. The predicted octanol–water partition coefficient (Wildman–Crippen LogP) is 5.05. The Morgan fingerprint density at radius 3 is 2.71 bits per heavy atom. The van der Waals surface area contributed by atoms with E-state index in [9.17, 15) is 9.59 Å². The highest BCUT2D eigenvalue weighted by atomic mass is 35.5. The molecule has 162 valence electrons. The fraction of sp³-hybridized carbons (Fsp3) is 0.304. The van der Waals surface area contributed by atoms with Crippen LogP contribution in [0.3, 0.4) is 0 Å². The second-order valence-corrected chi connectivity index (χ2v) is 8.71. The van der Waals surface area contributed by atoms with Crippen LogP contribution >= 0.6 is 23.2 Å². The summed E-state index contributed by atoms with van der Waals surface area (Å²) in [5.74, 6) is 0.281. The maximum Gasteiger partial charge on any atom is 0.254 e. The Morgan fingerprint density at radius 1 is 1.16 bits per heavy atom. The van der Waals surface area contributed by atoms with Crippen LogP contribution in [0.25, 0.3) is 11.0 Å². The third kappa shape index (κ3) is 4.42. The van der Waals surface area contributed by atoms with Gasteiger partial charge in [0.05, 0.1) is 33.9 Å². The highest BCUT2D eigenvalue weighted by molar-refractivity contribution is 6.41. The summed E-state index contributed by atoms with van der Waals surface area (Å²) < 4.78 is 6.00. The van der Waals surface area contributed by atoms with Gasteiger partial charge in [0.1, 0.15) is 11.3 Å². The molecule has 0 bridgehead atoms. The molecule has 3 aromatic rings. The third-order valence-electron chi connectivity index (χ3n) is 5.31. The zero-order valence-electron chi connectivity index (χ0n) is 17.3. The van der Waals surface area contributed by atoms with Gasteiger partial charge in [-0.2, -0.15) is 0 Å². The zero-order valence-corrected chi connectivity index (χ0v) is 18.8. The quantitative estimate of drug-likeness (QED) is 0.559. The number of anilines is 1. The Balaban J connectivity index is 1.61. The van der Waals surface area contributed by atoms with E-state index in [4.69, 9.17) is 27.6 Å². The summed E-state index contributed by atoms with van der Waals surface area (Å²) in [6.45, 7) is 0.193. The average Bonchev–Trinajstić information content (AvgIpc) is 3.09. The molecule has 1 aromatic heterocycles. The number of nitrogens with one attached hydrogen (secondary N) is 2.